The van der Waals surface area contributed by atoms with Gasteiger partial charge in [-0.05, 0) is 27.2 Å². The summed E-state index contributed by atoms with van der Waals surface area (Å²) in [5.74, 6) is -0.708. The first-order valence-electron chi connectivity index (χ1n) is 7.44. The first-order chi connectivity index (χ1) is 8.99. The Kier molecular flexibility index (Phi) is 4.81. The van der Waals surface area contributed by atoms with Crippen molar-refractivity contribution in [2.24, 2.45) is 0 Å². The second-order valence-electron chi connectivity index (χ2n) is 6.12. The van der Waals surface area contributed by atoms with E-state index in [2.05, 4.69) is 28.5 Å². The molecule has 5 heteroatoms. The molecule has 0 saturated carbocycles. The topological polar surface area (TPSA) is 47.0 Å². The van der Waals surface area contributed by atoms with Crippen LogP contribution >= 0.6 is 0 Å². The summed E-state index contributed by atoms with van der Waals surface area (Å²) in [6, 6.07) is 0.959. The Hall–Kier alpha value is -0.650. The number of hydrogen-bond donors (Lipinski definition) is 1. The lowest BCUT2D eigenvalue weighted by molar-refractivity contribution is -0.143. The summed E-state index contributed by atoms with van der Waals surface area (Å²) in [6.45, 7) is 12.5. The van der Waals surface area contributed by atoms with E-state index in [0.29, 0.717) is 12.1 Å². The molecule has 5 nitrogen and oxygen atoms in total. The molecule has 19 heavy (non-hydrogen) atoms. The second-order valence-corrected chi connectivity index (χ2v) is 6.12. The van der Waals surface area contributed by atoms with Crippen molar-refractivity contribution in [3.05, 3.63) is 0 Å². The van der Waals surface area contributed by atoms with E-state index in [0.717, 1.165) is 26.2 Å². The monoisotopic (exact) mass is 269 g/mol. The van der Waals surface area contributed by atoms with E-state index >= 15 is 0 Å². The van der Waals surface area contributed by atoms with Gasteiger partial charge in [-0.15, -0.1) is 0 Å². The van der Waals surface area contributed by atoms with Gasteiger partial charge in [-0.25, -0.2) is 0 Å². The van der Waals surface area contributed by atoms with Crippen molar-refractivity contribution in [3.8, 4) is 0 Å². The van der Waals surface area contributed by atoms with Crippen molar-refractivity contribution in [1.29, 1.82) is 0 Å². The molecule has 2 aliphatic rings. The van der Waals surface area contributed by atoms with Crippen molar-refractivity contribution < 1.29 is 9.90 Å². The van der Waals surface area contributed by atoms with Crippen molar-refractivity contribution in [1.82, 2.24) is 14.7 Å². The van der Waals surface area contributed by atoms with E-state index in [4.69, 9.17) is 5.11 Å². The summed E-state index contributed by atoms with van der Waals surface area (Å²) in [6.07, 6.45) is 1.26. The van der Waals surface area contributed by atoms with Crippen LogP contribution in [0.5, 0.6) is 0 Å². The van der Waals surface area contributed by atoms with Crippen LogP contribution in [0.15, 0.2) is 0 Å². The van der Waals surface area contributed by atoms with Crippen LogP contribution in [0.2, 0.25) is 0 Å². The molecule has 110 valence electrons. The van der Waals surface area contributed by atoms with Crippen LogP contribution in [0.4, 0.5) is 0 Å². The molecular formula is C14H27N3O2. The lowest BCUT2D eigenvalue weighted by Gasteiger charge is -2.39. The number of carboxylic acids is 1. The van der Waals surface area contributed by atoms with Gasteiger partial charge in [0, 0.05) is 51.4 Å². The predicted octanol–water partition coefficient (Wildman–Crippen LogP) is 0.560. The van der Waals surface area contributed by atoms with E-state index in [1.54, 1.807) is 6.92 Å². The summed E-state index contributed by atoms with van der Waals surface area (Å²) < 4.78 is 0. The predicted molar refractivity (Wildman–Crippen MR) is 75.4 cm³/mol. The van der Waals surface area contributed by atoms with Gasteiger partial charge in [0.05, 0.1) is 0 Å². The number of piperazine rings is 1. The molecular weight excluding hydrogens is 242 g/mol. The molecule has 0 bridgehead atoms. The zero-order valence-electron chi connectivity index (χ0n) is 12.4. The minimum absolute atomic E-state index is 0.349. The van der Waals surface area contributed by atoms with E-state index < -0.39 is 5.97 Å². The van der Waals surface area contributed by atoms with Crippen LogP contribution in [0.25, 0.3) is 0 Å². The average molecular weight is 269 g/mol. The molecule has 0 aromatic carbocycles. The van der Waals surface area contributed by atoms with E-state index in [1.165, 1.54) is 19.5 Å². The van der Waals surface area contributed by atoms with Gasteiger partial charge in [0.1, 0.15) is 6.04 Å². The highest BCUT2D eigenvalue weighted by Gasteiger charge is 2.32. The zero-order valence-corrected chi connectivity index (χ0v) is 12.4. The average Bonchev–Trinajstić information content (AvgIpc) is 2.87. The third-order valence-electron chi connectivity index (χ3n) is 4.70. The lowest BCUT2D eigenvalue weighted by atomic mass is 10.1. The maximum atomic E-state index is 11.0. The first kappa shape index (κ1) is 14.8. The van der Waals surface area contributed by atoms with E-state index in [9.17, 15) is 4.79 Å². The third kappa shape index (κ3) is 3.46. The van der Waals surface area contributed by atoms with Crippen LogP contribution in [0.1, 0.15) is 27.2 Å². The highest BCUT2D eigenvalue weighted by atomic mass is 16.4. The number of rotatable bonds is 4. The maximum Gasteiger partial charge on any atom is 0.320 e. The number of carbonyl (C=O) groups is 1. The summed E-state index contributed by atoms with van der Waals surface area (Å²) in [5, 5.41) is 9.05. The summed E-state index contributed by atoms with van der Waals surface area (Å²) in [5.41, 5.74) is 0. The molecule has 2 heterocycles. The largest absolute Gasteiger partial charge is 0.480 e. The lowest BCUT2D eigenvalue weighted by Crippen LogP contribution is -2.54. The molecule has 2 atom stereocenters. The number of likely N-dealkylation sites (tertiary alicyclic amines) is 1. The Balaban J connectivity index is 1.79. The Morgan fingerprint density at radius 2 is 1.68 bits per heavy atom. The molecule has 0 radical (unpaired) electrons. The summed E-state index contributed by atoms with van der Waals surface area (Å²) >= 11 is 0. The van der Waals surface area contributed by atoms with E-state index in [1.807, 2.05) is 0 Å². The summed E-state index contributed by atoms with van der Waals surface area (Å²) in [7, 11) is 0. The molecule has 2 fully saturated rings. The molecule has 2 saturated heterocycles. The van der Waals surface area contributed by atoms with Crippen molar-refractivity contribution in [2.75, 3.05) is 39.3 Å². The van der Waals surface area contributed by atoms with Crippen LogP contribution in [0, 0.1) is 0 Å². The highest BCUT2D eigenvalue weighted by Crippen LogP contribution is 2.19. The molecule has 0 aliphatic carbocycles. The number of nitrogens with zero attached hydrogens (tertiary/aromatic N) is 3. The molecule has 1 N–H and O–H groups in total. The molecule has 0 amide bonds. The Labute approximate surface area is 116 Å². The number of aliphatic carboxylic acids is 1. The molecule has 2 unspecified atom stereocenters. The minimum Gasteiger partial charge on any atom is -0.480 e. The van der Waals surface area contributed by atoms with Gasteiger partial charge < -0.3 is 5.11 Å². The molecule has 0 aromatic rings. The van der Waals surface area contributed by atoms with Crippen LogP contribution < -0.4 is 0 Å². The van der Waals surface area contributed by atoms with Gasteiger partial charge in [-0.3, -0.25) is 19.5 Å². The Morgan fingerprint density at radius 1 is 1.05 bits per heavy atom. The van der Waals surface area contributed by atoms with Crippen molar-refractivity contribution >= 4 is 5.97 Å². The van der Waals surface area contributed by atoms with Gasteiger partial charge in [-0.2, -0.15) is 0 Å². The van der Waals surface area contributed by atoms with Gasteiger partial charge in [-0.1, -0.05) is 0 Å². The number of carboxylic acid groups (broad SMARTS) is 1. The second kappa shape index (κ2) is 6.20. The SMILES string of the molecule is CC(C)N1CCC(N2CCN(C(C)C(=O)O)CC2)C1. The maximum absolute atomic E-state index is 11.0. The molecule has 0 spiro atoms. The fourth-order valence-corrected chi connectivity index (χ4v) is 3.18. The van der Waals surface area contributed by atoms with Crippen molar-refractivity contribution in [3.63, 3.8) is 0 Å². The van der Waals surface area contributed by atoms with Crippen LogP contribution in [0.3, 0.4) is 0 Å². The van der Waals surface area contributed by atoms with Crippen LogP contribution in [-0.2, 0) is 4.79 Å². The zero-order chi connectivity index (χ0) is 14.0. The van der Waals surface area contributed by atoms with Gasteiger partial charge in [0.25, 0.3) is 0 Å². The molecule has 0 aromatic heterocycles. The van der Waals surface area contributed by atoms with Crippen LogP contribution in [-0.4, -0.2) is 83.2 Å². The quantitative estimate of drug-likeness (QED) is 0.808. The Morgan fingerprint density at radius 3 is 2.16 bits per heavy atom. The summed E-state index contributed by atoms with van der Waals surface area (Å²) in [4.78, 5) is 18.2. The fraction of sp³-hybridized carbons (Fsp3) is 0.929. The highest BCUT2D eigenvalue weighted by molar-refractivity contribution is 5.72. The third-order valence-corrected chi connectivity index (χ3v) is 4.70. The van der Waals surface area contributed by atoms with Crippen molar-refractivity contribution in [2.45, 2.75) is 45.3 Å². The fourth-order valence-electron chi connectivity index (χ4n) is 3.18. The van der Waals surface area contributed by atoms with Gasteiger partial charge >= 0.3 is 5.97 Å². The smallest absolute Gasteiger partial charge is 0.320 e. The molecule has 2 rings (SSSR count). The Bertz CT molecular complexity index is 314. The first-order valence-corrected chi connectivity index (χ1v) is 7.44. The minimum atomic E-state index is -0.708. The molecule has 2 aliphatic heterocycles. The van der Waals surface area contributed by atoms with E-state index in [-0.39, 0.29) is 6.04 Å². The normalized spacial score (nSPS) is 28.9. The standard InChI is InChI=1S/C14H27N3O2/c1-11(2)17-5-4-13(10-17)16-8-6-15(7-9-16)12(3)14(18)19/h11-13H,4-10H2,1-3H3,(H,18,19). The van der Waals surface area contributed by atoms with Gasteiger partial charge in [0.15, 0.2) is 0 Å². The van der Waals surface area contributed by atoms with Gasteiger partial charge in [0.2, 0.25) is 0 Å². The number of hydrogen-bond acceptors (Lipinski definition) is 4.